The van der Waals surface area contributed by atoms with Crippen molar-refractivity contribution in [2.45, 2.75) is 6.43 Å². The number of halogens is 2. The van der Waals surface area contributed by atoms with Gasteiger partial charge >= 0.3 is 6.43 Å². The Morgan fingerprint density at radius 2 is 2.45 bits per heavy atom. The Morgan fingerprint density at radius 1 is 1.73 bits per heavy atom. The third-order valence-electron chi connectivity index (χ3n) is 0.788. The van der Waals surface area contributed by atoms with Crippen molar-refractivity contribution in [1.82, 2.24) is 10.2 Å². The SMILES string of the molecule is O=C(Nc1nncs1)C(F)F. The van der Waals surface area contributed by atoms with E-state index in [4.69, 9.17) is 0 Å². The minimum Gasteiger partial charge on any atom is -0.296 e. The lowest BCUT2D eigenvalue weighted by Gasteiger charge is -1.96. The number of anilines is 1. The van der Waals surface area contributed by atoms with E-state index in [0.29, 0.717) is 0 Å². The molecule has 0 bridgehead atoms. The van der Waals surface area contributed by atoms with Crippen molar-refractivity contribution in [2.24, 2.45) is 0 Å². The minimum atomic E-state index is -3.01. The van der Waals surface area contributed by atoms with Crippen LogP contribution in [0.5, 0.6) is 0 Å². The van der Waals surface area contributed by atoms with E-state index in [1.807, 2.05) is 5.32 Å². The molecule has 1 rings (SSSR count). The summed E-state index contributed by atoms with van der Waals surface area (Å²) in [6.07, 6.45) is -3.01. The van der Waals surface area contributed by atoms with E-state index in [0.717, 1.165) is 11.3 Å². The smallest absolute Gasteiger partial charge is 0.296 e. The highest BCUT2D eigenvalue weighted by molar-refractivity contribution is 7.13. The van der Waals surface area contributed by atoms with Crippen LogP contribution in [0.15, 0.2) is 5.51 Å². The van der Waals surface area contributed by atoms with Gasteiger partial charge in [0.2, 0.25) is 5.13 Å². The van der Waals surface area contributed by atoms with Crippen LogP contribution in [0, 0.1) is 0 Å². The summed E-state index contributed by atoms with van der Waals surface area (Å²) >= 11 is 0.981. The molecular formula is C4H3F2N3OS. The van der Waals surface area contributed by atoms with Gasteiger partial charge in [0, 0.05) is 0 Å². The Morgan fingerprint density at radius 3 is 2.91 bits per heavy atom. The number of rotatable bonds is 2. The summed E-state index contributed by atoms with van der Waals surface area (Å²) in [7, 11) is 0. The van der Waals surface area contributed by atoms with Crippen LogP contribution in [0.25, 0.3) is 0 Å². The molecule has 0 spiro atoms. The van der Waals surface area contributed by atoms with Crippen molar-refractivity contribution in [3.05, 3.63) is 5.51 Å². The van der Waals surface area contributed by atoms with Crippen molar-refractivity contribution in [3.63, 3.8) is 0 Å². The monoisotopic (exact) mass is 179 g/mol. The first kappa shape index (κ1) is 7.99. The Bertz CT molecular complexity index is 237. The Balaban J connectivity index is 2.50. The molecular weight excluding hydrogens is 176 g/mol. The maximum atomic E-state index is 11.6. The van der Waals surface area contributed by atoms with E-state index in [-0.39, 0.29) is 5.13 Å². The molecule has 0 saturated carbocycles. The highest BCUT2D eigenvalue weighted by Gasteiger charge is 2.15. The van der Waals surface area contributed by atoms with Gasteiger partial charge in [-0.05, 0) is 0 Å². The molecule has 0 atom stereocenters. The molecule has 60 valence electrons. The van der Waals surface area contributed by atoms with Gasteiger partial charge in [-0.25, -0.2) is 0 Å². The Labute approximate surface area is 64.3 Å². The lowest BCUT2D eigenvalue weighted by atomic mass is 10.6. The van der Waals surface area contributed by atoms with Gasteiger partial charge in [-0.15, -0.1) is 10.2 Å². The molecule has 4 nitrogen and oxygen atoms in total. The molecule has 1 N–H and O–H groups in total. The first-order valence-corrected chi connectivity index (χ1v) is 3.43. The molecule has 0 aliphatic heterocycles. The van der Waals surface area contributed by atoms with Gasteiger partial charge < -0.3 is 0 Å². The Hall–Kier alpha value is -1.11. The number of carbonyl (C=O) groups excluding carboxylic acids is 1. The number of nitrogens with one attached hydrogen (secondary N) is 1. The number of amides is 1. The van der Waals surface area contributed by atoms with E-state index in [2.05, 4.69) is 10.2 Å². The molecule has 7 heteroatoms. The van der Waals surface area contributed by atoms with Crippen LogP contribution >= 0.6 is 11.3 Å². The summed E-state index contributed by atoms with van der Waals surface area (Å²) in [5.74, 6) is -1.36. The van der Waals surface area contributed by atoms with Crippen LogP contribution in [-0.2, 0) is 4.79 Å². The van der Waals surface area contributed by atoms with Crippen LogP contribution in [0.3, 0.4) is 0 Å². The summed E-state index contributed by atoms with van der Waals surface area (Å²) in [6.45, 7) is 0. The molecule has 1 aromatic rings. The molecule has 0 aliphatic carbocycles. The maximum absolute atomic E-state index is 11.6. The topological polar surface area (TPSA) is 54.9 Å². The molecule has 0 aliphatic rings. The predicted octanol–water partition coefficient (Wildman–Crippen LogP) is 0.742. The van der Waals surface area contributed by atoms with Gasteiger partial charge in [0.1, 0.15) is 5.51 Å². The van der Waals surface area contributed by atoms with Gasteiger partial charge in [-0.1, -0.05) is 11.3 Å². The normalized spacial score (nSPS) is 10.1. The zero-order valence-corrected chi connectivity index (χ0v) is 5.94. The Kier molecular flexibility index (Phi) is 2.42. The fourth-order valence-electron chi connectivity index (χ4n) is 0.387. The zero-order chi connectivity index (χ0) is 8.27. The minimum absolute atomic E-state index is 0.0790. The van der Waals surface area contributed by atoms with Crippen molar-refractivity contribution >= 4 is 22.4 Å². The molecule has 0 fully saturated rings. The van der Waals surface area contributed by atoms with Crippen molar-refractivity contribution in [1.29, 1.82) is 0 Å². The largest absolute Gasteiger partial charge is 0.315 e. The van der Waals surface area contributed by atoms with E-state index in [1.54, 1.807) is 0 Å². The third-order valence-corrected chi connectivity index (χ3v) is 1.40. The van der Waals surface area contributed by atoms with Crippen LogP contribution in [0.4, 0.5) is 13.9 Å². The first-order valence-electron chi connectivity index (χ1n) is 2.55. The number of nitrogens with zero attached hydrogens (tertiary/aromatic N) is 2. The van der Waals surface area contributed by atoms with Crippen molar-refractivity contribution < 1.29 is 13.6 Å². The average Bonchev–Trinajstić information content (AvgIpc) is 2.39. The van der Waals surface area contributed by atoms with Gasteiger partial charge in [-0.2, -0.15) is 8.78 Å². The molecule has 11 heavy (non-hydrogen) atoms. The highest BCUT2D eigenvalue weighted by Crippen LogP contribution is 2.08. The number of hydrogen-bond donors (Lipinski definition) is 1. The average molecular weight is 179 g/mol. The lowest BCUT2D eigenvalue weighted by molar-refractivity contribution is -0.126. The quantitative estimate of drug-likeness (QED) is 0.728. The number of hydrogen-bond acceptors (Lipinski definition) is 4. The second-order valence-corrected chi connectivity index (χ2v) is 2.37. The summed E-state index contributed by atoms with van der Waals surface area (Å²) in [6, 6.07) is 0. The van der Waals surface area contributed by atoms with Crippen LogP contribution in [0.2, 0.25) is 0 Å². The van der Waals surface area contributed by atoms with E-state index in [1.165, 1.54) is 5.51 Å². The van der Waals surface area contributed by atoms with Gasteiger partial charge in [0.15, 0.2) is 0 Å². The van der Waals surface area contributed by atoms with Crippen LogP contribution in [-0.4, -0.2) is 22.5 Å². The maximum Gasteiger partial charge on any atom is 0.315 e. The number of alkyl halides is 2. The number of carbonyl (C=O) groups is 1. The van der Waals surface area contributed by atoms with Gasteiger partial charge in [0.25, 0.3) is 5.91 Å². The predicted molar refractivity (Wildman–Crippen MR) is 34.5 cm³/mol. The van der Waals surface area contributed by atoms with Gasteiger partial charge in [0.05, 0.1) is 0 Å². The molecule has 1 amide bonds. The number of aromatic nitrogens is 2. The summed E-state index contributed by atoms with van der Waals surface area (Å²) in [5.41, 5.74) is 1.33. The fourth-order valence-corrected chi connectivity index (χ4v) is 0.835. The highest BCUT2D eigenvalue weighted by atomic mass is 32.1. The molecule has 1 aromatic heterocycles. The van der Waals surface area contributed by atoms with Gasteiger partial charge in [-0.3, -0.25) is 10.1 Å². The third kappa shape index (κ3) is 2.19. The van der Waals surface area contributed by atoms with E-state index in [9.17, 15) is 13.6 Å². The first-order chi connectivity index (χ1) is 5.20. The molecule has 0 saturated heterocycles. The standard InChI is InChI=1S/C4H3F2N3OS/c5-2(6)3(10)8-4-9-7-1-11-4/h1-2H,(H,8,9,10). The fraction of sp³-hybridized carbons (Fsp3) is 0.250. The van der Waals surface area contributed by atoms with Crippen molar-refractivity contribution in [3.8, 4) is 0 Å². The second kappa shape index (κ2) is 3.33. The molecule has 0 unspecified atom stereocenters. The molecule has 0 radical (unpaired) electrons. The lowest BCUT2D eigenvalue weighted by Crippen LogP contribution is -2.19. The van der Waals surface area contributed by atoms with Crippen LogP contribution < -0.4 is 5.32 Å². The van der Waals surface area contributed by atoms with Crippen molar-refractivity contribution in [2.75, 3.05) is 5.32 Å². The molecule has 1 heterocycles. The van der Waals surface area contributed by atoms with Crippen LogP contribution in [0.1, 0.15) is 0 Å². The summed E-state index contributed by atoms with van der Waals surface area (Å²) < 4.78 is 23.1. The molecule has 0 aromatic carbocycles. The van der Waals surface area contributed by atoms with E-state index >= 15 is 0 Å². The summed E-state index contributed by atoms with van der Waals surface area (Å²) in [4.78, 5) is 10.3. The summed E-state index contributed by atoms with van der Waals surface area (Å²) in [5, 5.41) is 8.64. The zero-order valence-electron chi connectivity index (χ0n) is 5.12. The second-order valence-electron chi connectivity index (χ2n) is 1.53. The van der Waals surface area contributed by atoms with E-state index < -0.39 is 12.3 Å².